The molecule has 1 amide bonds. The maximum atomic E-state index is 12.8. The lowest BCUT2D eigenvalue weighted by atomic mass is 9.98. The van der Waals surface area contributed by atoms with Crippen molar-refractivity contribution in [3.05, 3.63) is 33.6 Å². The van der Waals surface area contributed by atoms with Crippen LogP contribution in [0.3, 0.4) is 0 Å². The maximum absolute atomic E-state index is 12.8. The Hall–Kier alpha value is -2.04. The molecule has 1 aliphatic carbocycles. The zero-order valence-corrected chi connectivity index (χ0v) is 16.9. The number of halogens is 1. The van der Waals surface area contributed by atoms with Gasteiger partial charge in [-0.15, -0.1) is 0 Å². The Morgan fingerprint density at radius 2 is 2.26 bits per heavy atom. The van der Waals surface area contributed by atoms with Gasteiger partial charge in [0.2, 0.25) is 5.91 Å². The zero-order valence-electron chi connectivity index (χ0n) is 15.3. The van der Waals surface area contributed by atoms with Crippen molar-refractivity contribution in [1.29, 1.82) is 5.26 Å². The summed E-state index contributed by atoms with van der Waals surface area (Å²) in [5.41, 5.74) is -0.450. The third-order valence-corrected chi connectivity index (χ3v) is 5.90. The summed E-state index contributed by atoms with van der Waals surface area (Å²) in [6.45, 7) is 4.26. The number of nitrogens with zero attached hydrogens (tertiary/aromatic N) is 3. The van der Waals surface area contributed by atoms with Crippen molar-refractivity contribution in [2.45, 2.75) is 50.4 Å². The van der Waals surface area contributed by atoms with Crippen LogP contribution in [-0.4, -0.2) is 26.8 Å². The predicted molar refractivity (Wildman–Crippen MR) is 107 cm³/mol. The molecule has 2 aromatic rings. The van der Waals surface area contributed by atoms with Gasteiger partial charge < -0.3 is 5.32 Å². The van der Waals surface area contributed by atoms with E-state index in [4.69, 9.17) is 11.6 Å². The average molecular weight is 405 g/mol. The standard InChI is InChI=1S/C19H21ClN4O2S/c1-3-8-24-17(26)14-7-6-13(20)9-15(14)22-18(24)27-10-16(25)23-19(2,11-21)12-4-5-12/h6-7,9,12H,3-5,8,10H2,1-2H3,(H,23,25)/t19-/m1/s1. The molecular weight excluding hydrogens is 384 g/mol. The van der Waals surface area contributed by atoms with Crippen molar-refractivity contribution in [3.63, 3.8) is 0 Å². The first-order valence-corrected chi connectivity index (χ1v) is 10.3. The molecule has 0 spiro atoms. The normalized spacial score (nSPS) is 15.9. The van der Waals surface area contributed by atoms with Crippen LogP contribution >= 0.6 is 23.4 Å². The van der Waals surface area contributed by atoms with E-state index in [9.17, 15) is 14.9 Å². The van der Waals surface area contributed by atoms with Crippen molar-refractivity contribution in [2.75, 3.05) is 5.75 Å². The molecule has 142 valence electrons. The van der Waals surface area contributed by atoms with E-state index in [0.717, 1.165) is 19.3 Å². The number of aromatic nitrogens is 2. The second-order valence-electron chi connectivity index (χ2n) is 6.94. The van der Waals surface area contributed by atoms with E-state index < -0.39 is 5.54 Å². The van der Waals surface area contributed by atoms with Gasteiger partial charge in [-0.3, -0.25) is 14.2 Å². The number of nitriles is 1. The molecule has 0 saturated heterocycles. The van der Waals surface area contributed by atoms with Gasteiger partial charge in [0.05, 0.1) is 22.7 Å². The van der Waals surface area contributed by atoms with E-state index in [0.29, 0.717) is 27.6 Å². The SMILES string of the molecule is CCCn1c(SCC(=O)N[C@](C)(C#N)C2CC2)nc2cc(Cl)ccc2c1=O. The van der Waals surface area contributed by atoms with Crippen molar-refractivity contribution in [3.8, 4) is 6.07 Å². The first-order chi connectivity index (χ1) is 12.9. The first kappa shape index (κ1) is 19.7. The highest BCUT2D eigenvalue weighted by molar-refractivity contribution is 7.99. The van der Waals surface area contributed by atoms with E-state index in [1.165, 1.54) is 11.8 Å². The molecule has 27 heavy (non-hydrogen) atoms. The molecule has 1 aromatic heterocycles. The van der Waals surface area contributed by atoms with Crippen LogP contribution in [0.25, 0.3) is 10.9 Å². The minimum atomic E-state index is -0.828. The largest absolute Gasteiger partial charge is 0.337 e. The lowest BCUT2D eigenvalue weighted by molar-refractivity contribution is -0.119. The molecule has 0 radical (unpaired) electrons. The van der Waals surface area contributed by atoms with E-state index in [1.807, 2.05) is 6.92 Å². The minimum absolute atomic E-state index is 0.0895. The van der Waals surface area contributed by atoms with Gasteiger partial charge in [0.25, 0.3) is 5.56 Å². The van der Waals surface area contributed by atoms with Crippen LogP contribution in [0.2, 0.25) is 5.02 Å². The summed E-state index contributed by atoms with van der Waals surface area (Å²) in [5, 5.41) is 13.7. The molecule has 0 unspecified atom stereocenters. The monoisotopic (exact) mass is 404 g/mol. The molecule has 3 rings (SSSR count). The Labute approximate surface area is 166 Å². The van der Waals surface area contributed by atoms with Gasteiger partial charge in [-0.25, -0.2) is 4.98 Å². The summed E-state index contributed by atoms with van der Waals surface area (Å²) in [4.78, 5) is 29.7. The van der Waals surface area contributed by atoms with Gasteiger partial charge in [0.1, 0.15) is 5.54 Å². The summed E-state index contributed by atoms with van der Waals surface area (Å²) in [6, 6.07) is 7.21. The third-order valence-electron chi connectivity index (χ3n) is 4.69. The smallest absolute Gasteiger partial charge is 0.262 e. The molecule has 1 aromatic carbocycles. The van der Waals surface area contributed by atoms with E-state index in [1.54, 1.807) is 29.7 Å². The molecule has 1 N–H and O–H groups in total. The van der Waals surface area contributed by atoms with Crippen molar-refractivity contribution < 1.29 is 4.79 Å². The molecule has 1 heterocycles. The molecule has 1 fully saturated rings. The second kappa shape index (κ2) is 7.91. The number of carbonyl (C=O) groups is 1. The topological polar surface area (TPSA) is 87.8 Å². The van der Waals surface area contributed by atoms with Crippen LogP contribution < -0.4 is 10.9 Å². The molecule has 1 aliphatic rings. The van der Waals surface area contributed by atoms with E-state index in [-0.39, 0.29) is 23.1 Å². The number of carbonyl (C=O) groups excluding carboxylic acids is 1. The van der Waals surface area contributed by atoms with Crippen LogP contribution in [0, 0.1) is 17.2 Å². The number of benzene rings is 1. The first-order valence-electron chi connectivity index (χ1n) is 8.93. The number of fused-ring (bicyclic) bond motifs is 1. The number of amides is 1. The second-order valence-corrected chi connectivity index (χ2v) is 8.32. The molecule has 1 saturated carbocycles. The highest BCUT2D eigenvalue weighted by Gasteiger charge is 2.42. The Kier molecular flexibility index (Phi) is 5.78. The van der Waals surface area contributed by atoms with Crippen LogP contribution in [0.1, 0.15) is 33.1 Å². The van der Waals surface area contributed by atoms with Crippen LogP contribution in [0.5, 0.6) is 0 Å². The van der Waals surface area contributed by atoms with E-state index in [2.05, 4.69) is 16.4 Å². The van der Waals surface area contributed by atoms with Crippen molar-refractivity contribution in [1.82, 2.24) is 14.9 Å². The Morgan fingerprint density at radius 1 is 1.52 bits per heavy atom. The van der Waals surface area contributed by atoms with Crippen molar-refractivity contribution in [2.24, 2.45) is 5.92 Å². The molecule has 8 heteroatoms. The molecule has 0 aliphatic heterocycles. The van der Waals surface area contributed by atoms with Crippen LogP contribution in [0.4, 0.5) is 0 Å². The summed E-state index contributed by atoms with van der Waals surface area (Å²) in [7, 11) is 0. The number of hydrogen-bond acceptors (Lipinski definition) is 5. The van der Waals surface area contributed by atoms with Gasteiger partial charge in [-0.1, -0.05) is 30.3 Å². The Morgan fingerprint density at radius 3 is 2.89 bits per heavy atom. The van der Waals surface area contributed by atoms with Gasteiger partial charge in [-0.2, -0.15) is 5.26 Å². The maximum Gasteiger partial charge on any atom is 0.262 e. The zero-order chi connectivity index (χ0) is 19.6. The average Bonchev–Trinajstić information content (AvgIpc) is 3.48. The van der Waals surface area contributed by atoms with Gasteiger partial charge in [0.15, 0.2) is 5.16 Å². The summed E-state index contributed by atoms with van der Waals surface area (Å²) < 4.78 is 1.60. The molecule has 6 nitrogen and oxygen atoms in total. The fourth-order valence-electron chi connectivity index (χ4n) is 3.04. The Bertz CT molecular complexity index is 980. The summed E-state index contributed by atoms with van der Waals surface area (Å²) >= 11 is 7.23. The van der Waals surface area contributed by atoms with E-state index >= 15 is 0 Å². The molecule has 1 atom stereocenters. The Balaban J connectivity index is 1.83. The molecule has 0 bridgehead atoms. The quantitative estimate of drug-likeness (QED) is 0.564. The van der Waals surface area contributed by atoms with Gasteiger partial charge >= 0.3 is 0 Å². The third kappa shape index (κ3) is 4.28. The van der Waals surface area contributed by atoms with Crippen molar-refractivity contribution >= 4 is 40.2 Å². The van der Waals surface area contributed by atoms with Crippen LogP contribution in [-0.2, 0) is 11.3 Å². The fraction of sp³-hybridized carbons (Fsp3) is 0.474. The highest BCUT2D eigenvalue weighted by atomic mass is 35.5. The lowest BCUT2D eigenvalue weighted by Crippen LogP contribution is -2.47. The summed E-state index contributed by atoms with van der Waals surface area (Å²) in [6.07, 6.45) is 2.69. The predicted octanol–water partition coefficient (Wildman–Crippen LogP) is 3.36. The number of hydrogen-bond donors (Lipinski definition) is 1. The number of rotatable bonds is 7. The van der Waals surface area contributed by atoms with Gasteiger partial charge in [-0.05, 0) is 50.3 Å². The lowest BCUT2D eigenvalue weighted by Gasteiger charge is -2.22. The van der Waals surface area contributed by atoms with Crippen LogP contribution in [0.15, 0.2) is 28.2 Å². The fourth-order valence-corrected chi connectivity index (χ4v) is 4.03. The highest BCUT2D eigenvalue weighted by Crippen LogP contribution is 2.39. The number of thioether (sulfide) groups is 1. The minimum Gasteiger partial charge on any atom is -0.337 e. The van der Waals surface area contributed by atoms with Gasteiger partial charge in [0, 0.05) is 11.6 Å². The number of nitrogens with one attached hydrogen (secondary N) is 1. The summed E-state index contributed by atoms with van der Waals surface area (Å²) in [5.74, 6) is 0.0711. The molecular formula is C19H21ClN4O2S.